The topological polar surface area (TPSA) is 28.5 Å². The maximum absolute atomic E-state index is 4.07. The fraction of sp³-hybridized carbons (Fsp3) is 0.700. The van der Waals surface area contributed by atoms with E-state index in [0.29, 0.717) is 6.04 Å². The Morgan fingerprint density at radius 2 is 1.52 bits per heavy atom. The van der Waals surface area contributed by atoms with Crippen LogP contribution in [0.5, 0.6) is 0 Å². The molecule has 1 aliphatic heterocycles. The second kappa shape index (κ2) is 13.2. The third-order valence-electron chi connectivity index (χ3n) is 3.70. The van der Waals surface area contributed by atoms with E-state index in [1.807, 2.05) is 19.3 Å². The van der Waals surface area contributed by atoms with E-state index in [1.165, 1.54) is 31.5 Å². The predicted molar refractivity (Wildman–Crippen MR) is 104 cm³/mol. The normalized spacial score (nSPS) is 16.0. The van der Waals surface area contributed by atoms with E-state index in [2.05, 4.69) is 61.6 Å². The average Bonchev–Trinajstić information content (AvgIpc) is 2.55. The first-order valence-electron chi connectivity index (χ1n) is 8.93. The van der Waals surface area contributed by atoms with E-state index >= 15 is 0 Å². The van der Waals surface area contributed by atoms with Crippen molar-refractivity contribution in [3.63, 3.8) is 0 Å². The highest BCUT2D eigenvalue weighted by Gasteiger charge is 2.21. The van der Waals surface area contributed by atoms with Crippen LogP contribution in [-0.4, -0.2) is 42.3 Å². The Kier molecular flexibility index (Phi) is 12.5. The molecule has 0 atom stereocenters. The number of aromatic nitrogens is 1. The predicted octanol–water partition coefficient (Wildman–Crippen LogP) is 5.04. The molecule has 23 heavy (non-hydrogen) atoms. The van der Waals surface area contributed by atoms with Gasteiger partial charge in [-0.25, -0.2) is 0 Å². The molecule has 1 saturated heterocycles. The largest absolute Gasteiger partial charge is 0.301 e. The van der Waals surface area contributed by atoms with Crippen molar-refractivity contribution in [2.75, 3.05) is 20.1 Å². The van der Waals surface area contributed by atoms with Gasteiger partial charge < -0.3 is 9.89 Å². The molecule has 2 rings (SSSR count). The molecule has 2 heterocycles. The molecule has 1 aliphatic rings. The Balaban J connectivity index is 0.000000509. The molecule has 1 aromatic heterocycles. The first kappa shape index (κ1) is 21.8. The lowest BCUT2D eigenvalue weighted by molar-refractivity contribution is 0.172. The lowest BCUT2D eigenvalue weighted by Gasteiger charge is -2.34. The minimum atomic E-state index is 0.698. The van der Waals surface area contributed by atoms with Gasteiger partial charge in [0.2, 0.25) is 0 Å². The zero-order valence-electron chi connectivity index (χ0n) is 16.3. The standard InChI is InChI=1S/C13H20N2.C4H10.C3H7N/c1-11(2)15-9-5-13(6-10-15)12-3-7-14-8-4-12;1-4(2)3;1-3-4-2/h3-4,7-8,11,13H,5-6,9-10H2,1-2H3;4H,1-3H3;3H,1-2H3. The number of aliphatic imine (C=N–C) groups is 1. The van der Waals surface area contributed by atoms with E-state index in [9.17, 15) is 0 Å². The molecule has 1 fully saturated rings. The van der Waals surface area contributed by atoms with Gasteiger partial charge >= 0.3 is 0 Å². The maximum Gasteiger partial charge on any atom is 0.0273 e. The summed E-state index contributed by atoms with van der Waals surface area (Å²) in [7, 11) is 1.75. The fourth-order valence-corrected chi connectivity index (χ4v) is 2.38. The van der Waals surface area contributed by atoms with Crippen LogP contribution in [0.2, 0.25) is 0 Å². The Morgan fingerprint density at radius 3 is 1.87 bits per heavy atom. The Morgan fingerprint density at radius 1 is 1.09 bits per heavy atom. The molecule has 1 aromatic rings. The minimum absolute atomic E-state index is 0.698. The van der Waals surface area contributed by atoms with Crippen LogP contribution in [0.3, 0.4) is 0 Å². The molecular weight excluding hydrogens is 282 g/mol. The zero-order chi connectivity index (χ0) is 17.7. The van der Waals surface area contributed by atoms with Gasteiger partial charge in [0.05, 0.1) is 0 Å². The van der Waals surface area contributed by atoms with E-state index in [4.69, 9.17) is 0 Å². The molecule has 0 saturated carbocycles. The van der Waals surface area contributed by atoms with Gasteiger partial charge in [-0.05, 0) is 82.4 Å². The molecule has 0 unspecified atom stereocenters. The van der Waals surface area contributed by atoms with Crippen molar-refractivity contribution >= 4 is 6.21 Å². The van der Waals surface area contributed by atoms with Gasteiger partial charge in [-0.1, -0.05) is 20.8 Å². The van der Waals surface area contributed by atoms with Gasteiger partial charge in [0.25, 0.3) is 0 Å². The summed E-state index contributed by atoms with van der Waals surface area (Å²) in [5.74, 6) is 1.59. The van der Waals surface area contributed by atoms with Gasteiger partial charge in [0.1, 0.15) is 0 Å². The summed E-state index contributed by atoms with van der Waals surface area (Å²) in [6.45, 7) is 15.4. The maximum atomic E-state index is 4.07. The number of pyridine rings is 1. The molecule has 3 nitrogen and oxygen atoms in total. The van der Waals surface area contributed by atoms with Crippen molar-refractivity contribution in [3.05, 3.63) is 30.1 Å². The third kappa shape index (κ3) is 11.0. The van der Waals surface area contributed by atoms with Crippen molar-refractivity contribution in [1.29, 1.82) is 0 Å². The van der Waals surface area contributed by atoms with Crippen molar-refractivity contribution in [1.82, 2.24) is 9.88 Å². The first-order valence-corrected chi connectivity index (χ1v) is 8.93. The van der Waals surface area contributed by atoms with Crippen LogP contribution >= 0.6 is 0 Å². The Labute approximate surface area is 144 Å². The molecule has 0 bridgehead atoms. The van der Waals surface area contributed by atoms with Gasteiger partial charge in [0, 0.05) is 25.5 Å². The Hall–Kier alpha value is -1.22. The van der Waals surface area contributed by atoms with Crippen LogP contribution in [0, 0.1) is 5.92 Å². The molecular formula is C20H37N3. The summed E-state index contributed by atoms with van der Waals surface area (Å²) in [6, 6.07) is 5.02. The summed E-state index contributed by atoms with van der Waals surface area (Å²) in [4.78, 5) is 10.3. The van der Waals surface area contributed by atoms with Crippen LogP contribution in [0.15, 0.2) is 29.5 Å². The molecule has 0 amide bonds. The van der Waals surface area contributed by atoms with Gasteiger partial charge in [-0.3, -0.25) is 4.98 Å². The van der Waals surface area contributed by atoms with Crippen LogP contribution in [0.1, 0.15) is 65.9 Å². The number of rotatable bonds is 2. The average molecular weight is 320 g/mol. The SMILES string of the molecule is CC(C)C.CC(C)N1CCC(c2ccncc2)CC1.CC=NC. The van der Waals surface area contributed by atoms with Crippen molar-refractivity contribution in [2.24, 2.45) is 10.9 Å². The van der Waals surface area contributed by atoms with Crippen molar-refractivity contribution in [2.45, 2.75) is 66.3 Å². The number of nitrogens with zero attached hydrogens (tertiary/aromatic N) is 3. The molecule has 0 aromatic carbocycles. The molecule has 132 valence electrons. The fourth-order valence-electron chi connectivity index (χ4n) is 2.38. The molecule has 0 aliphatic carbocycles. The van der Waals surface area contributed by atoms with E-state index in [0.717, 1.165) is 11.8 Å². The summed E-state index contributed by atoms with van der Waals surface area (Å²) < 4.78 is 0. The summed E-state index contributed by atoms with van der Waals surface area (Å²) in [5.41, 5.74) is 1.47. The number of piperidine rings is 1. The molecule has 0 N–H and O–H groups in total. The quantitative estimate of drug-likeness (QED) is 0.715. The zero-order valence-corrected chi connectivity index (χ0v) is 16.3. The summed E-state index contributed by atoms with van der Waals surface area (Å²) in [5, 5.41) is 0. The van der Waals surface area contributed by atoms with Crippen molar-refractivity contribution in [3.8, 4) is 0 Å². The summed E-state index contributed by atoms with van der Waals surface area (Å²) in [6.07, 6.45) is 8.15. The second-order valence-electron chi connectivity index (χ2n) is 6.93. The summed E-state index contributed by atoms with van der Waals surface area (Å²) >= 11 is 0. The van der Waals surface area contributed by atoms with Crippen molar-refractivity contribution < 1.29 is 0 Å². The van der Waals surface area contributed by atoms with Crippen LogP contribution < -0.4 is 0 Å². The third-order valence-corrected chi connectivity index (χ3v) is 3.70. The number of hydrogen-bond donors (Lipinski definition) is 0. The lowest BCUT2D eigenvalue weighted by Crippen LogP contribution is -2.37. The molecule has 0 radical (unpaired) electrons. The van der Waals surface area contributed by atoms with Gasteiger partial charge in [-0.2, -0.15) is 0 Å². The smallest absolute Gasteiger partial charge is 0.0273 e. The first-order chi connectivity index (χ1) is 10.9. The van der Waals surface area contributed by atoms with Crippen LogP contribution in [-0.2, 0) is 0 Å². The van der Waals surface area contributed by atoms with E-state index < -0.39 is 0 Å². The highest BCUT2D eigenvalue weighted by Crippen LogP contribution is 2.27. The highest BCUT2D eigenvalue weighted by atomic mass is 15.1. The Bertz CT molecular complexity index is 384. The molecule has 0 spiro atoms. The lowest BCUT2D eigenvalue weighted by atomic mass is 9.90. The van der Waals surface area contributed by atoms with Gasteiger partial charge in [0.15, 0.2) is 0 Å². The minimum Gasteiger partial charge on any atom is -0.301 e. The second-order valence-corrected chi connectivity index (χ2v) is 6.93. The van der Waals surface area contributed by atoms with E-state index in [-0.39, 0.29) is 0 Å². The number of likely N-dealkylation sites (tertiary alicyclic amines) is 1. The van der Waals surface area contributed by atoms with E-state index in [1.54, 1.807) is 13.3 Å². The molecule has 3 heteroatoms. The van der Waals surface area contributed by atoms with Crippen LogP contribution in [0.25, 0.3) is 0 Å². The monoisotopic (exact) mass is 319 g/mol. The van der Waals surface area contributed by atoms with Crippen LogP contribution in [0.4, 0.5) is 0 Å². The highest BCUT2D eigenvalue weighted by molar-refractivity contribution is 5.52. The number of hydrogen-bond acceptors (Lipinski definition) is 3. The van der Waals surface area contributed by atoms with Gasteiger partial charge in [-0.15, -0.1) is 0 Å².